The van der Waals surface area contributed by atoms with Crippen LogP contribution in [-0.4, -0.2) is 27.9 Å². The monoisotopic (exact) mass is 459 g/mol. The van der Waals surface area contributed by atoms with Crippen LogP contribution in [0, 0.1) is 28.6 Å². The molecule has 5 rings (SSSR count). The number of rotatable bonds is 4. The Kier molecular flexibility index (Phi) is 5.91. The minimum atomic E-state index is 0.185. The van der Waals surface area contributed by atoms with E-state index >= 15 is 0 Å². The Balaban J connectivity index is 1.64. The summed E-state index contributed by atoms with van der Waals surface area (Å²) in [6, 6.07) is 23.7. The number of benzene rings is 2. The standard InChI is InChI=1S/C28H25N7/c1-19-11-13-34(14-12-19)26-16-20(23-9-5-6-10-25(23)32-26)15-21(17-29)27-24(18-30)28(31)35(33-27)22-7-3-2-4-8-22/h2-10,15-16,19H,11-14,31H2,1H3/b21-15+. The molecule has 2 N–H and O–H groups in total. The van der Waals surface area contributed by atoms with Crippen molar-refractivity contribution in [1.29, 1.82) is 10.5 Å². The second-order valence-corrected chi connectivity index (χ2v) is 8.89. The molecular weight excluding hydrogens is 434 g/mol. The average Bonchev–Trinajstić information content (AvgIpc) is 3.23. The molecule has 1 aliphatic heterocycles. The molecule has 172 valence electrons. The van der Waals surface area contributed by atoms with Crippen molar-refractivity contribution in [1.82, 2.24) is 14.8 Å². The molecule has 4 aromatic rings. The molecule has 0 saturated carbocycles. The molecular formula is C28H25N7. The molecule has 7 nitrogen and oxygen atoms in total. The lowest BCUT2D eigenvalue weighted by molar-refractivity contribution is 0.437. The van der Waals surface area contributed by atoms with Gasteiger partial charge in [-0.1, -0.05) is 43.3 Å². The number of pyridine rings is 1. The maximum absolute atomic E-state index is 10.1. The van der Waals surface area contributed by atoms with E-state index in [2.05, 4.69) is 29.1 Å². The third kappa shape index (κ3) is 4.20. The predicted octanol–water partition coefficient (Wildman–Crippen LogP) is 5.17. The van der Waals surface area contributed by atoms with Crippen LogP contribution >= 0.6 is 0 Å². The lowest BCUT2D eigenvalue weighted by atomic mass is 9.98. The first-order valence-corrected chi connectivity index (χ1v) is 11.7. The molecule has 3 heterocycles. The molecule has 0 aliphatic carbocycles. The molecule has 0 unspecified atom stereocenters. The third-order valence-electron chi connectivity index (χ3n) is 6.55. The second-order valence-electron chi connectivity index (χ2n) is 8.89. The number of hydrogen-bond acceptors (Lipinski definition) is 6. The van der Waals surface area contributed by atoms with Gasteiger partial charge < -0.3 is 10.6 Å². The summed E-state index contributed by atoms with van der Waals surface area (Å²) in [4.78, 5) is 7.21. The van der Waals surface area contributed by atoms with E-state index in [0.717, 1.165) is 53.9 Å². The van der Waals surface area contributed by atoms with Gasteiger partial charge in [-0.15, -0.1) is 0 Å². The van der Waals surface area contributed by atoms with Crippen LogP contribution in [-0.2, 0) is 0 Å². The zero-order valence-electron chi connectivity index (χ0n) is 19.5. The van der Waals surface area contributed by atoms with Gasteiger partial charge in [-0.3, -0.25) is 0 Å². The van der Waals surface area contributed by atoms with Crippen LogP contribution in [0.2, 0.25) is 0 Å². The van der Waals surface area contributed by atoms with Gasteiger partial charge in [0.05, 0.1) is 16.8 Å². The molecule has 0 radical (unpaired) electrons. The van der Waals surface area contributed by atoms with Gasteiger partial charge in [0.15, 0.2) is 0 Å². The van der Waals surface area contributed by atoms with E-state index in [1.807, 2.05) is 60.7 Å². The van der Waals surface area contributed by atoms with Crippen molar-refractivity contribution >= 4 is 34.2 Å². The maximum Gasteiger partial charge on any atom is 0.145 e. The fourth-order valence-electron chi connectivity index (χ4n) is 4.51. The number of hydrogen-bond donors (Lipinski definition) is 1. The van der Waals surface area contributed by atoms with Crippen LogP contribution in [0.4, 0.5) is 11.6 Å². The smallest absolute Gasteiger partial charge is 0.145 e. The van der Waals surface area contributed by atoms with Crippen molar-refractivity contribution in [3.8, 4) is 17.8 Å². The van der Waals surface area contributed by atoms with Gasteiger partial charge in [0.25, 0.3) is 0 Å². The van der Waals surface area contributed by atoms with E-state index in [4.69, 9.17) is 10.7 Å². The zero-order valence-corrected chi connectivity index (χ0v) is 19.5. The highest BCUT2D eigenvalue weighted by Crippen LogP contribution is 2.31. The number of nitrogens with zero attached hydrogens (tertiary/aromatic N) is 6. The van der Waals surface area contributed by atoms with Gasteiger partial charge in [0.2, 0.25) is 0 Å². The fourth-order valence-corrected chi connectivity index (χ4v) is 4.51. The molecule has 0 atom stereocenters. The quantitative estimate of drug-likeness (QED) is 0.422. The van der Waals surface area contributed by atoms with Crippen LogP contribution in [0.1, 0.15) is 36.6 Å². The van der Waals surface area contributed by atoms with Crippen molar-refractivity contribution in [2.45, 2.75) is 19.8 Å². The Morgan fingerprint density at radius 2 is 1.77 bits per heavy atom. The van der Waals surface area contributed by atoms with Crippen LogP contribution in [0.3, 0.4) is 0 Å². The number of nitrogen functional groups attached to an aromatic ring is 1. The number of fused-ring (bicyclic) bond motifs is 1. The molecule has 1 fully saturated rings. The largest absolute Gasteiger partial charge is 0.382 e. The number of nitrogens with two attached hydrogens (primary N) is 1. The van der Waals surface area contributed by atoms with Crippen molar-refractivity contribution in [2.75, 3.05) is 23.7 Å². The summed E-state index contributed by atoms with van der Waals surface area (Å²) in [5, 5.41) is 25.5. The Hall–Kier alpha value is -4.62. The second kappa shape index (κ2) is 9.32. The van der Waals surface area contributed by atoms with Crippen molar-refractivity contribution < 1.29 is 0 Å². The summed E-state index contributed by atoms with van der Waals surface area (Å²) in [5.41, 5.74) is 9.46. The average molecular weight is 460 g/mol. The highest BCUT2D eigenvalue weighted by atomic mass is 15.3. The molecule has 0 bridgehead atoms. The lowest BCUT2D eigenvalue weighted by Crippen LogP contribution is -2.33. The van der Waals surface area contributed by atoms with Gasteiger partial charge in [-0.2, -0.15) is 15.6 Å². The van der Waals surface area contributed by atoms with Gasteiger partial charge in [0, 0.05) is 18.5 Å². The molecule has 0 amide bonds. The lowest BCUT2D eigenvalue weighted by Gasteiger charge is -2.31. The Bertz CT molecular complexity index is 1490. The van der Waals surface area contributed by atoms with Crippen molar-refractivity contribution in [3.63, 3.8) is 0 Å². The normalized spacial score (nSPS) is 14.6. The number of para-hydroxylation sites is 2. The summed E-state index contributed by atoms with van der Waals surface area (Å²) >= 11 is 0. The summed E-state index contributed by atoms with van der Waals surface area (Å²) < 4.78 is 1.50. The van der Waals surface area contributed by atoms with Crippen molar-refractivity contribution in [3.05, 3.63) is 77.5 Å². The summed E-state index contributed by atoms with van der Waals surface area (Å²) in [5.74, 6) is 1.82. The highest BCUT2D eigenvalue weighted by molar-refractivity contribution is 5.98. The minimum absolute atomic E-state index is 0.185. The summed E-state index contributed by atoms with van der Waals surface area (Å²) in [6.45, 7) is 4.19. The third-order valence-corrected chi connectivity index (χ3v) is 6.55. The molecule has 7 heteroatoms. The molecule has 35 heavy (non-hydrogen) atoms. The fraction of sp³-hybridized carbons (Fsp3) is 0.214. The summed E-state index contributed by atoms with van der Waals surface area (Å²) in [7, 11) is 0. The SMILES string of the molecule is CC1CCN(c2cc(/C=C(\C#N)c3nn(-c4ccccc4)c(N)c3C#N)c3ccccc3n2)CC1. The number of allylic oxidation sites excluding steroid dienone is 1. The van der Waals surface area contributed by atoms with Crippen LogP contribution < -0.4 is 10.6 Å². The van der Waals surface area contributed by atoms with E-state index in [9.17, 15) is 10.5 Å². The maximum atomic E-state index is 10.1. The predicted molar refractivity (Wildman–Crippen MR) is 139 cm³/mol. The van der Waals surface area contributed by atoms with Crippen LogP contribution in [0.15, 0.2) is 60.7 Å². The first-order chi connectivity index (χ1) is 17.1. The first kappa shape index (κ1) is 22.2. The topological polar surface area (TPSA) is 108 Å². The molecule has 2 aromatic heterocycles. The zero-order chi connectivity index (χ0) is 24.4. The molecule has 0 spiro atoms. The molecule has 1 aliphatic rings. The number of aromatic nitrogens is 3. The highest BCUT2D eigenvalue weighted by Gasteiger charge is 2.21. The first-order valence-electron chi connectivity index (χ1n) is 11.7. The number of piperidine rings is 1. The Labute approximate surface area is 204 Å². The van der Waals surface area contributed by atoms with Gasteiger partial charge in [0.1, 0.15) is 35.0 Å². The van der Waals surface area contributed by atoms with E-state index in [1.165, 1.54) is 4.68 Å². The van der Waals surface area contributed by atoms with E-state index in [0.29, 0.717) is 5.92 Å². The minimum Gasteiger partial charge on any atom is -0.382 e. The van der Waals surface area contributed by atoms with Gasteiger partial charge in [-0.25, -0.2) is 9.67 Å². The van der Waals surface area contributed by atoms with Gasteiger partial charge >= 0.3 is 0 Å². The van der Waals surface area contributed by atoms with Crippen LogP contribution in [0.25, 0.3) is 28.2 Å². The van der Waals surface area contributed by atoms with E-state index in [-0.39, 0.29) is 22.6 Å². The number of nitriles is 2. The Morgan fingerprint density at radius 3 is 2.49 bits per heavy atom. The molecule has 1 saturated heterocycles. The van der Waals surface area contributed by atoms with Crippen molar-refractivity contribution in [2.24, 2.45) is 5.92 Å². The van der Waals surface area contributed by atoms with Gasteiger partial charge in [-0.05, 0) is 54.7 Å². The molecule has 2 aromatic carbocycles. The van der Waals surface area contributed by atoms with Crippen LogP contribution in [0.5, 0.6) is 0 Å². The Morgan fingerprint density at radius 1 is 1.06 bits per heavy atom. The number of anilines is 2. The van der Waals surface area contributed by atoms with E-state index in [1.54, 1.807) is 6.08 Å². The summed E-state index contributed by atoms with van der Waals surface area (Å²) in [6.07, 6.45) is 4.05. The van der Waals surface area contributed by atoms with E-state index < -0.39 is 0 Å².